The third kappa shape index (κ3) is 2.60. The van der Waals surface area contributed by atoms with E-state index in [0.717, 1.165) is 9.58 Å². The van der Waals surface area contributed by atoms with E-state index >= 15 is 0 Å². The summed E-state index contributed by atoms with van der Waals surface area (Å²) in [7, 11) is 0. The van der Waals surface area contributed by atoms with Crippen LogP contribution in [0, 0.1) is 11.3 Å². The third-order valence-corrected chi connectivity index (χ3v) is 4.83. The molecule has 0 aliphatic carbocycles. The van der Waals surface area contributed by atoms with Gasteiger partial charge in [-0.25, -0.2) is 4.79 Å². The summed E-state index contributed by atoms with van der Waals surface area (Å²) in [6.45, 7) is 1.36. The Morgan fingerprint density at radius 3 is 2.83 bits per heavy atom. The van der Waals surface area contributed by atoms with Crippen LogP contribution >= 0.6 is 0 Å². The van der Waals surface area contributed by atoms with Crippen LogP contribution in [0.5, 0.6) is 0 Å². The molecule has 1 aromatic rings. The molecule has 0 radical (unpaired) electrons. The molecule has 2 aliphatic rings. The van der Waals surface area contributed by atoms with E-state index in [-0.39, 0.29) is 49.7 Å². The summed E-state index contributed by atoms with van der Waals surface area (Å²) in [4.78, 5) is 12.4. The first-order chi connectivity index (χ1) is 11.2. The van der Waals surface area contributed by atoms with Crippen LogP contribution in [-0.2, 0) is 25.4 Å². The van der Waals surface area contributed by atoms with Crippen molar-refractivity contribution in [1.82, 2.24) is 14.7 Å². The minimum atomic E-state index is -3.23. The van der Waals surface area contributed by atoms with Crippen molar-refractivity contribution >= 4 is 6.09 Å². The van der Waals surface area contributed by atoms with Gasteiger partial charge in [-0.15, -0.1) is 0 Å². The first kappa shape index (κ1) is 16.6. The fourth-order valence-corrected chi connectivity index (χ4v) is 3.53. The molecule has 0 bridgehead atoms. The Morgan fingerprint density at radius 1 is 1.50 bits per heavy atom. The highest BCUT2D eigenvalue weighted by Crippen LogP contribution is 2.43. The van der Waals surface area contributed by atoms with Gasteiger partial charge in [-0.05, 0) is 13.3 Å². The van der Waals surface area contributed by atoms with Crippen LogP contribution in [0.2, 0.25) is 0 Å². The van der Waals surface area contributed by atoms with Gasteiger partial charge in [-0.1, -0.05) is 0 Å². The third-order valence-electron chi connectivity index (χ3n) is 4.83. The van der Waals surface area contributed by atoms with Crippen molar-refractivity contribution in [2.75, 3.05) is 0 Å². The Balaban J connectivity index is 2.08. The van der Waals surface area contributed by atoms with Crippen LogP contribution < -0.4 is 0 Å². The van der Waals surface area contributed by atoms with Crippen molar-refractivity contribution in [3.05, 3.63) is 17.0 Å². The number of hydrogen-bond donors (Lipinski definition) is 2. The second-order valence-corrected chi connectivity index (χ2v) is 6.66. The first-order valence-corrected chi connectivity index (χ1v) is 7.72. The molecule has 3 rings (SSSR count). The Kier molecular flexibility index (Phi) is 3.75. The van der Waals surface area contributed by atoms with E-state index in [4.69, 9.17) is 5.26 Å². The van der Waals surface area contributed by atoms with Gasteiger partial charge < -0.3 is 15.1 Å². The Morgan fingerprint density at radius 2 is 2.21 bits per heavy atom. The Bertz CT molecular complexity index is 727. The number of alkyl halides is 2. The monoisotopic (exact) mass is 340 g/mol. The molecule has 0 fully saturated rings. The van der Waals surface area contributed by atoms with Gasteiger partial charge in [0.25, 0.3) is 5.92 Å². The van der Waals surface area contributed by atoms with Gasteiger partial charge in [0.05, 0.1) is 36.9 Å². The Hall–Kier alpha value is -2.21. The zero-order valence-corrected chi connectivity index (χ0v) is 13.2. The summed E-state index contributed by atoms with van der Waals surface area (Å²) in [5, 5.41) is 32.8. The molecule has 7 nitrogen and oxygen atoms in total. The van der Waals surface area contributed by atoms with Crippen molar-refractivity contribution in [3.8, 4) is 6.07 Å². The summed E-state index contributed by atoms with van der Waals surface area (Å²) in [5.74, 6) is -3.23. The molecule has 130 valence electrons. The number of amides is 1. The van der Waals surface area contributed by atoms with Gasteiger partial charge >= 0.3 is 6.09 Å². The van der Waals surface area contributed by atoms with Crippen LogP contribution in [0.4, 0.5) is 13.6 Å². The molecular formula is C15H18F2N4O3. The molecule has 0 spiro atoms. The SMILES string of the molecule is C[C@@H]1Cc2nn3c(c2CN1C(=O)O)C(F)(F)CCC(O)(CC#N)C3. The summed E-state index contributed by atoms with van der Waals surface area (Å²) in [6, 6.07) is 1.47. The van der Waals surface area contributed by atoms with E-state index in [1.807, 2.05) is 6.07 Å². The second kappa shape index (κ2) is 5.41. The number of aromatic nitrogens is 2. The minimum absolute atomic E-state index is 0.145. The van der Waals surface area contributed by atoms with E-state index in [1.165, 1.54) is 0 Å². The van der Waals surface area contributed by atoms with Crippen LogP contribution in [0.15, 0.2) is 0 Å². The fourth-order valence-electron chi connectivity index (χ4n) is 3.53. The average molecular weight is 340 g/mol. The molecule has 0 aromatic carbocycles. The molecule has 9 heteroatoms. The van der Waals surface area contributed by atoms with Gasteiger partial charge in [0, 0.05) is 24.4 Å². The first-order valence-electron chi connectivity index (χ1n) is 7.72. The second-order valence-electron chi connectivity index (χ2n) is 6.66. The lowest BCUT2D eigenvalue weighted by atomic mass is 9.92. The van der Waals surface area contributed by atoms with Crippen molar-refractivity contribution in [2.45, 2.75) is 63.3 Å². The van der Waals surface area contributed by atoms with Gasteiger partial charge in [-0.3, -0.25) is 4.68 Å². The molecule has 2 atom stereocenters. The van der Waals surface area contributed by atoms with Crippen molar-refractivity contribution in [2.24, 2.45) is 0 Å². The maximum Gasteiger partial charge on any atom is 0.407 e. The number of rotatable bonds is 1. The lowest BCUT2D eigenvalue weighted by Gasteiger charge is -2.31. The Labute approximate surface area is 137 Å². The average Bonchev–Trinajstić information content (AvgIpc) is 2.77. The minimum Gasteiger partial charge on any atom is -0.465 e. The topological polar surface area (TPSA) is 102 Å². The van der Waals surface area contributed by atoms with E-state index in [9.17, 15) is 23.8 Å². The molecule has 0 saturated carbocycles. The normalized spacial score (nSPS) is 28.5. The number of fused-ring (bicyclic) bond motifs is 3. The summed E-state index contributed by atoms with van der Waals surface area (Å²) in [6.07, 6.45) is -2.00. The van der Waals surface area contributed by atoms with E-state index in [0.29, 0.717) is 5.69 Å². The number of hydrogen-bond acceptors (Lipinski definition) is 4. The summed E-state index contributed by atoms with van der Waals surface area (Å²) in [5.41, 5.74) is -1.22. The van der Waals surface area contributed by atoms with Crippen LogP contribution in [-0.4, -0.2) is 42.6 Å². The maximum atomic E-state index is 14.7. The highest BCUT2D eigenvalue weighted by molar-refractivity contribution is 5.66. The van der Waals surface area contributed by atoms with Gasteiger partial charge in [0.2, 0.25) is 0 Å². The molecule has 1 amide bonds. The predicted octanol–water partition coefficient (Wildman–Crippen LogP) is 1.84. The predicted molar refractivity (Wildman–Crippen MR) is 77.3 cm³/mol. The molecule has 0 saturated heterocycles. The molecule has 3 heterocycles. The van der Waals surface area contributed by atoms with E-state index in [2.05, 4.69) is 5.10 Å². The molecule has 1 unspecified atom stereocenters. The van der Waals surface area contributed by atoms with Crippen molar-refractivity contribution < 1.29 is 23.8 Å². The summed E-state index contributed by atoms with van der Waals surface area (Å²) >= 11 is 0. The zero-order chi connectivity index (χ0) is 17.7. The highest BCUT2D eigenvalue weighted by Gasteiger charge is 2.47. The number of aliphatic hydroxyl groups is 1. The molecular weight excluding hydrogens is 322 g/mol. The number of nitrogens with zero attached hydrogens (tertiary/aromatic N) is 4. The van der Waals surface area contributed by atoms with Gasteiger partial charge in [0.1, 0.15) is 5.69 Å². The number of nitriles is 1. The molecule has 1 aromatic heterocycles. The van der Waals surface area contributed by atoms with Gasteiger partial charge in [-0.2, -0.15) is 19.1 Å². The van der Waals surface area contributed by atoms with Crippen LogP contribution in [0.3, 0.4) is 0 Å². The molecule has 24 heavy (non-hydrogen) atoms. The fraction of sp³-hybridized carbons (Fsp3) is 0.667. The van der Waals surface area contributed by atoms with E-state index in [1.54, 1.807) is 6.92 Å². The quantitative estimate of drug-likeness (QED) is 0.812. The zero-order valence-electron chi connectivity index (χ0n) is 13.2. The van der Waals surface area contributed by atoms with Crippen LogP contribution in [0.1, 0.15) is 43.1 Å². The number of halogens is 2. The van der Waals surface area contributed by atoms with E-state index < -0.39 is 24.0 Å². The lowest BCUT2D eigenvalue weighted by molar-refractivity contribution is -0.0396. The smallest absolute Gasteiger partial charge is 0.407 e. The largest absolute Gasteiger partial charge is 0.465 e. The van der Waals surface area contributed by atoms with Crippen molar-refractivity contribution in [1.29, 1.82) is 5.26 Å². The van der Waals surface area contributed by atoms with Crippen molar-refractivity contribution in [3.63, 3.8) is 0 Å². The molecule has 2 N–H and O–H groups in total. The van der Waals surface area contributed by atoms with Gasteiger partial charge in [0.15, 0.2) is 0 Å². The molecule has 2 aliphatic heterocycles. The number of carbonyl (C=O) groups is 1. The highest BCUT2D eigenvalue weighted by atomic mass is 19.3. The number of carboxylic acid groups (broad SMARTS) is 1. The lowest BCUT2D eigenvalue weighted by Crippen LogP contribution is -2.42. The standard InChI is InChI=1S/C15H18F2N4O3/c1-9-6-11-10(7-20(9)13(22)23)12-15(16,17)3-2-14(24,4-5-18)8-21(12)19-11/h9,24H,2-4,6-8H2,1H3,(H,22,23)/t9-,14?/m1/s1. The maximum absolute atomic E-state index is 14.7. The van der Waals surface area contributed by atoms with Crippen LogP contribution in [0.25, 0.3) is 0 Å². The summed E-state index contributed by atoms with van der Waals surface area (Å²) < 4.78 is 30.4.